The van der Waals surface area contributed by atoms with Crippen molar-refractivity contribution < 1.29 is 4.79 Å². The average Bonchev–Trinajstić information content (AvgIpc) is 2.38. The Bertz CT molecular complexity index is 272. The van der Waals surface area contributed by atoms with E-state index in [0.29, 0.717) is 4.88 Å². The first kappa shape index (κ1) is 7.28. The Morgan fingerprint density at radius 1 is 1.80 bits per heavy atom. The molecule has 0 aliphatic rings. The van der Waals surface area contributed by atoms with Gasteiger partial charge in [0, 0.05) is 0 Å². The van der Waals surface area contributed by atoms with Crippen LogP contribution in [0.15, 0.2) is 22.5 Å². The highest BCUT2D eigenvalue weighted by molar-refractivity contribution is 7.78. The molecule has 0 spiro atoms. The van der Waals surface area contributed by atoms with E-state index in [1.54, 1.807) is 12.1 Å². The number of rotatable bonds is 1. The first-order valence-corrected chi connectivity index (χ1v) is 3.79. The molecule has 0 radical (unpaired) electrons. The van der Waals surface area contributed by atoms with Crippen LogP contribution in [0, 0.1) is 0 Å². The van der Waals surface area contributed by atoms with Gasteiger partial charge in [-0.1, -0.05) is 6.07 Å². The van der Waals surface area contributed by atoms with Gasteiger partial charge in [0.05, 0.1) is 10.0 Å². The Balaban J connectivity index is 2.87. The molecule has 4 heteroatoms. The Morgan fingerprint density at radius 2 is 2.60 bits per heavy atom. The lowest BCUT2D eigenvalue weighted by molar-refractivity contribution is 0.101. The molecule has 0 fully saturated rings. The topological polar surface area (TPSA) is 29.4 Å². The number of carbonyl (C=O) groups is 1. The molecule has 50 valence electrons. The standard InChI is InChI=1S/C6H3NOS2/c8-6(7-4-9)5-2-1-3-10-5/h1-3H. The molecule has 0 aliphatic heterocycles. The highest BCUT2D eigenvalue weighted by atomic mass is 32.1. The maximum Gasteiger partial charge on any atom is 0.295 e. The fourth-order valence-electron chi connectivity index (χ4n) is 0.497. The summed E-state index contributed by atoms with van der Waals surface area (Å²) in [5, 5.41) is 3.83. The van der Waals surface area contributed by atoms with Crippen LogP contribution in [0.4, 0.5) is 0 Å². The third-order valence-corrected chi connectivity index (χ3v) is 1.83. The lowest BCUT2D eigenvalue weighted by Crippen LogP contribution is -1.87. The molecule has 0 saturated carbocycles. The molecular formula is C6H3NOS2. The van der Waals surface area contributed by atoms with E-state index in [9.17, 15) is 4.79 Å². The van der Waals surface area contributed by atoms with Crippen molar-refractivity contribution in [2.45, 2.75) is 0 Å². The lowest BCUT2D eigenvalue weighted by atomic mass is 10.5. The molecular weight excluding hydrogens is 166 g/mol. The smallest absolute Gasteiger partial charge is 0.265 e. The van der Waals surface area contributed by atoms with Gasteiger partial charge in [0.15, 0.2) is 0 Å². The largest absolute Gasteiger partial charge is 0.295 e. The minimum Gasteiger partial charge on any atom is -0.265 e. The Labute approximate surface area is 67.2 Å². The van der Waals surface area contributed by atoms with E-state index in [1.807, 2.05) is 10.5 Å². The van der Waals surface area contributed by atoms with Crippen LogP contribution in [0.5, 0.6) is 0 Å². The zero-order valence-electron chi connectivity index (χ0n) is 4.90. The number of isothiocyanates is 1. The number of hydrogen-bond donors (Lipinski definition) is 0. The van der Waals surface area contributed by atoms with Crippen molar-refractivity contribution in [2.24, 2.45) is 4.99 Å². The lowest BCUT2D eigenvalue weighted by Gasteiger charge is -1.80. The van der Waals surface area contributed by atoms with Crippen LogP contribution in [-0.4, -0.2) is 11.1 Å². The molecule has 1 rings (SSSR count). The summed E-state index contributed by atoms with van der Waals surface area (Å²) in [7, 11) is 0. The second-order valence-corrected chi connectivity index (χ2v) is 2.62. The Morgan fingerprint density at radius 3 is 3.10 bits per heavy atom. The number of hydrogen-bond acceptors (Lipinski definition) is 3. The van der Waals surface area contributed by atoms with Gasteiger partial charge in [0.1, 0.15) is 0 Å². The van der Waals surface area contributed by atoms with Gasteiger partial charge in [0.2, 0.25) is 0 Å². The minimum absolute atomic E-state index is 0.315. The number of carbonyl (C=O) groups excluding carboxylic acids is 1. The highest BCUT2D eigenvalue weighted by Crippen LogP contribution is 2.08. The predicted molar refractivity (Wildman–Crippen MR) is 43.7 cm³/mol. The summed E-state index contributed by atoms with van der Waals surface area (Å²) in [6, 6.07) is 3.49. The van der Waals surface area contributed by atoms with Crippen LogP contribution in [0.3, 0.4) is 0 Å². The van der Waals surface area contributed by atoms with E-state index in [4.69, 9.17) is 0 Å². The van der Waals surface area contributed by atoms with Gasteiger partial charge < -0.3 is 0 Å². The fourth-order valence-corrected chi connectivity index (χ4v) is 1.19. The molecule has 1 aromatic rings. The second-order valence-electron chi connectivity index (χ2n) is 1.49. The fraction of sp³-hybridized carbons (Fsp3) is 0. The summed E-state index contributed by atoms with van der Waals surface area (Å²) in [6.07, 6.45) is 0. The van der Waals surface area contributed by atoms with E-state index in [-0.39, 0.29) is 5.91 Å². The van der Waals surface area contributed by atoms with E-state index < -0.39 is 0 Å². The molecule has 0 saturated heterocycles. The van der Waals surface area contributed by atoms with Crippen LogP contribution in [-0.2, 0) is 0 Å². The monoisotopic (exact) mass is 169 g/mol. The zero-order chi connectivity index (χ0) is 7.40. The summed E-state index contributed by atoms with van der Waals surface area (Å²) < 4.78 is 0. The predicted octanol–water partition coefficient (Wildman–Crippen LogP) is 1.99. The molecule has 0 aliphatic carbocycles. The Hall–Kier alpha value is -0.830. The molecule has 0 unspecified atom stereocenters. The van der Waals surface area contributed by atoms with Gasteiger partial charge in [-0.25, -0.2) is 0 Å². The van der Waals surface area contributed by atoms with Gasteiger partial charge in [-0.3, -0.25) is 4.79 Å². The number of amides is 1. The van der Waals surface area contributed by atoms with Crippen LogP contribution in [0.1, 0.15) is 9.67 Å². The molecule has 0 aromatic carbocycles. The van der Waals surface area contributed by atoms with Crippen LogP contribution >= 0.6 is 23.6 Å². The van der Waals surface area contributed by atoms with E-state index in [0.717, 1.165) is 0 Å². The number of thiophene rings is 1. The number of thiocarbonyl (C=S) groups is 1. The minimum atomic E-state index is -0.315. The van der Waals surface area contributed by atoms with Gasteiger partial charge in [-0.2, -0.15) is 4.99 Å². The van der Waals surface area contributed by atoms with Crippen molar-refractivity contribution in [1.82, 2.24) is 0 Å². The van der Waals surface area contributed by atoms with Crippen LogP contribution in [0.25, 0.3) is 0 Å². The van der Waals surface area contributed by atoms with Gasteiger partial charge >= 0.3 is 0 Å². The summed E-state index contributed by atoms with van der Waals surface area (Å²) in [4.78, 5) is 14.7. The molecule has 0 atom stereocenters. The van der Waals surface area contributed by atoms with Crippen molar-refractivity contribution in [3.63, 3.8) is 0 Å². The third kappa shape index (κ3) is 1.57. The molecule has 10 heavy (non-hydrogen) atoms. The van der Waals surface area contributed by atoms with Crippen molar-refractivity contribution >= 4 is 34.6 Å². The summed E-state index contributed by atoms with van der Waals surface area (Å²) in [5.74, 6) is -0.315. The molecule has 1 heterocycles. The van der Waals surface area contributed by atoms with Gasteiger partial charge in [-0.05, 0) is 23.7 Å². The quantitative estimate of drug-likeness (QED) is 0.475. The zero-order valence-corrected chi connectivity index (χ0v) is 6.54. The average molecular weight is 169 g/mol. The maximum atomic E-state index is 10.8. The Kier molecular flexibility index (Phi) is 2.45. The molecule has 0 N–H and O–H groups in total. The second kappa shape index (κ2) is 3.37. The summed E-state index contributed by atoms with van der Waals surface area (Å²) >= 11 is 5.61. The molecule has 0 bridgehead atoms. The van der Waals surface area contributed by atoms with Crippen LogP contribution in [0.2, 0.25) is 0 Å². The summed E-state index contributed by atoms with van der Waals surface area (Å²) in [6.45, 7) is 0. The van der Waals surface area contributed by atoms with E-state index in [2.05, 4.69) is 17.2 Å². The SMILES string of the molecule is O=C(N=C=S)c1cccs1. The van der Waals surface area contributed by atoms with Crippen molar-refractivity contribution in [3.05, 3.63) is 22.4 Å². The number of aliphatic imine (C=N–C) groups is 1. The maximum absolute atomic E-state index is 10.8. The highest BCUT2D eigenvalue weighted by Gasteiger charge is 2.01. The first-order chi connectivity index (χ1) is 4.84. The van der Waals surface area contributed by atoms with Crippen molar-refractivity contribution in [3.8, 4) is 0 Å². The molecule has 1 aromatic heterocycles. The first-order valence-electron chi connectivity index (χ1n) is 2.50. The normalized spacial score (nSPS) is 8.40. The van der Waals surface area contributed by atoms with Gasteiger partial charge in [-0.15, -0.1) is 11.3 Å². The van der Waals surface area contributed by atoms with Crippen molar-refractivity contribution in [2.75, 3.05) is 0 Å². The summed E-state index contributed by atoms with van der Waals surface area (Å²) in [5.41, 5.74) is 0. The molecule has 1 amide bonds. The van der Waals surface area contributed by atoms with E-state index in [1.165, 1.54) is 11.3 Å². The van der Waals surface area contributed by atoms with Crippen molar-refractivity contribution in [1.29, 1.82) is 0 Å². The third-order valence-electron chi connectivity index (χ3n) is 0.879. The molecule has 2 nitrogen and oxygen atoms in total. The van der Waals surface area contributed by atoms with E-state index >= 15 is 0 Å². The van der Waals surface area contributed by atoms with Gasteiger partial charge in [0.25, 0.3) is 5.91 Å². The number of nitrogens with zero attached hydrogens (tertiary/aromatic N) is 1. The van der Waals surface area contributed by atoms with Crippen LogP contribution < -0.4 is 0 Å².